The van der Waals surface area contributed by atoms with Crippen LogP contribution >= 0.6 is 11.3 Å². The molecular weight excluding hydrogens is 261 g/mol. The molecule has 2 fully saturated rings. The van der Waals surface area contributed by atoms with Crippen LogP contribution in [0.25, 0.3) is 11.3 Å². The van der Waals surface area contributed by atoms with Crippen molar-refractivity contribution in [2.24, 2.45) is 0 Å². The monoisotopic (exact) mass is 275 g/mol. The molecule has 2 aromatic rings. The number of hydrogen-bond donors (Lipinski definition) is 1. The minimum atomic E-state index is -0.205. The minimum Gasteiger partial charge on any atom is -0.342 e. The van der Waals surface area contributed by atoms with Crippen LogP contribution in [-0.2, 0) is 0 Å². The lowest BCUT2D eigenvalue weighted by molar-refractivity contribution is 0.579. The molecule has 2 aliphatic rings. The van der Waals surface area contributed by atoms with Gasteiger partial charge in [-0.2, -0.15) is 0 Å². The normalized spacial score (nSPS) is 25.2. The van der Waals surface area contributed by atoms with Crippen LogP contribution in [0.2, 0.25) is 0 Å². The zero-order valence-electron chi connectivity index (χ0n) is 10.3. The Kier molecular flexibility index (Phi) is 2.56. The minimum absolute atomic E-state index is 0.205. The SMILES string of the molecule is Fc1ccccc1-c1csc(N2C[C@@H]3C[C@H]2CN3)n1. The molecule has 0 amide bonds. The van der Waals surface area contributed by atoms with E-state index in [0.29, 0.717) is 17.6 Å². The molecule has 0 spiro atoms. The number of thiazole rings is 1. The van der Waals surface area contributed by atoms with E-state index in [1.807, 2.05) is 11.4 Å². The fourth-order valence-corrected chi connectivity index (χ4v) is 3.89. The highest BCUT2D eigenvalue weighted by molar-refractivity contribution is 7.14. The lowest BCUT2D eigenvalue weighted by atomic mass is 10.2. The second-order valence-corrected chi connectivity index (χ2v) is 5.98. The van der Waals surface area contributed by atoms with Crippen LogP contribution in [0.15, 0.2) is 29.6 Å². The second-order valence-electron chi connectivity index (χ2n) is 5.14. The van der Waals surface area contributed by atoms with Gasteiger partial charge in [0, 0.05) is 36.1 Å². The smallest absolute Gasteiger partial charge is 0.186 e. The van der Waals surface area contributed by atoms with Gasteiger partial charge in [0.2, 0.25) is 0 Å². The predicted molar refractivity (Wildman–Crippen MR) is 75.0 cm³/mol. The third-order valence-electron chi connectivity index (χ3n) is 3.94. The van der Waals surface area contributed by atoms with Crippen LogP contribution in [0.3, 0.4) is 0 Å². The third-order valence-corrected chi connectivity index (χ3v) is 4.82. The summed E-state index contributed by atoms with van der Waals surface area (Å²) >= 11 is 1.61. The van der Waals surface area contributed by atoms with Crippen molar-refractivity contribution in [3.8, 4) is 11.3 Å². The molecule has 98 valence electrons. The van der Waals surface area contributed by atoms with Crippen molar-refractivity contribution >= 4 is 16.5 Å². The van der Waals surface area contributed by atoms with E-state index >= 15 is 0 Å². The lowest BCUT2D eigenvalue weighted by Crippen LogP contribution is -2.43. The number of piperazine rings is 1. The van der Waals surface area contributed by atoms with Gasteiger partial charge in [-0.1, -0.05) is 12.1 Å². The van der Waals surface area contributed by atoms with E-state index in [9.17, 15) is 4.39 Å². The maximum Gasteiger partial charge on any atom is 0.186 e. The summed E-state index contributed by atoms with van der Waals surface area (Å²) in [6.07, 6.45) is 1.20. The molecule has 19 heavy (non-hydrogen) atoms. The molecule has 3 heterocycles. The van der Waals surface area contributed by atoms with E-state index in [0.717, 1.165) is 23.9 Å². The number of benzene rings is 1. The number of halogens is 1. The van der Waals surface area contributed by atoms with Crippen molar-refractivity contribution in [3.05, 3.63) is 35.5 Å². The largest absolute Gasteiger partial charge is 0.342 e. The summed E-state index contributed by atoms with van der Waals surface area (Å²) in [6.45, 7) is 2.06. The summed E-state index contributed by atoms with van der Waals surface area (Å²) in [5.74, 6) is -0.205. The molecule has 2 atom stereocenters. The number of hydrogen-bond acceptors (Lipinski definition) is 4. The van der Waals surface area contributed by atoms with Crippen LogP contribution in [0, 0.1) is 5.82 Å². The molecule has 0 aliphatic carbocycles. The first-order chi connectivity index (χ1) is 9.31. The summed E-state index contributed by atoms with van der Waals surface area (Å²) in [5, 5.41) is 6.45. The van der Waals surface area contributed by atoms with Gasteiger partial charge in [-0.05, 0) is 18.6 Å². The van der Waals surface area contributed by atoms with Gasteiger partial charge in [-0.3, -0.25) is 0 Å². The van der Waals surface area contributed by atoms with Gasteiger partial charge in [-0.25, -0.2) is 9.37 Å². The Balaban J connectivity index is 1.65. The van der Waals surface area contributed by atoms with Gasteiger partial charge < -0.3 is 10.2 Å². The fourth-order valence-electron chi connectivity index (χ4n) is 2.98. The number of nitrogens with zero attached hydrogens (tertiary/aromatic N) is 2. The van der Waals surface area contributed by atoms with Crippen LogP contribution in [0.4, 0.5) is 9.52 Å². The molecule has 0 unspecified atom stereocenters. The van der Waals surface area contributed by atoms with Crippen LogP contribution in [0.1, 0.15) is 6.42 Å². The number of rotatable bonds is 2. The fraction of sp³-hybridized carbons (Fsp3) is 0.357. The Bertz CT molecular complexity index is 612. The highest BCUT2D eigenvalue weighted by Crippen LogP contribution is 2.34. The van der Waals surface area contributed by atoms with Crippen LogP contribution < -0.4 is 10.2 Å². The summed E-state index contributed by atoms with van der Waals surface area (Å²) in [6, 6.07) is 7.98. The van der Waals surface area contributed by atoms with E-state index in [2.05, 4.69) is 15.2 Å². The Morgan fingerprint density at radius 1 is 1.37 bits per heavy atom. The van der Waals surface area contributed by atoms with Crippen molar-refractivity contribution in [1.29, 1.82) is 0 Å². The van der Waals surface area contributed by atoms with Gasteiger partial charge in [0.15, 0.2) is 5.13 Å². The molecule has 0 radical (unpaired) electrons. The summed E-state index contributed by atoms with van der Waals surface area (Å²) < 4.78 is 13.8. The Hall–Kier alpha value is -1.46. The van der Waals surface area contributed by atoms with Crippen molar-refractivity contribution in [3.63, 3.8) is 0 Å². The predicted octanol–water partition coefficient (Wildman–Crippen LogP) is 2.50. The molecule has 2 aliphatic heterocycles. The average Bonchev–Trinajstić information content (AvgIpc) is 3.15. The number of fused-ring (bicyclic) bond motifs is 2. The van der Waals surface area contributed by atoms with Gasteiger partial charge >= 0.3 is 0 Å². The standard InChI is InChI=1S/C14H14FN3S/c15-12-4-2-1-3-11(12)13-8-19-14(17-13)18-7-9-5-10(18)6-16-9/h1-4,8-10,16H,5-7H2/t9-,10-/m0/s1. The van der Waals surface area contributed by atoms with Gasteiger partial charge in [0.1, 0.15) is 5.82 Å². The summed E-state index contributed by atoms with van der Waals surface area (Å²) in [4.78, 5) is 6.98. The highest BCUT2D eigenvalue weighted by Gasteiger charge is 2.38. The lowest BCUT2D eigenvalue weighted by Gasteiger charge is -2.26. The quantitative estimate of drug-likeness (QED) is 0.912. The topological polar surface area (TPSA) is 28.2 Å². The summed E-state index contributed by atoms with van der Waals surface area (Å²) in [7, 11) is 0. The maximum atomic E-state index is 13.8. The van der Waals surface area contributed by atoms with Crippen molar-refractivity contribution in [2.45, 2.75) is 18.5 Å². The summed E-state index contributed by atoms with van der Waals surface area (Å²) in [5.41, 5.74) is 1.33. The average molecular weight is 275 g/mol. The molecule has 1 N–H and O–H groups in total. The first-order valence-electron chi connectivity index (χ1n) is 6.52. The molecule has 0 saturated carbocycles. The van der Waals surface area contributed by atoms with Gasteiger partial charge in [0.25, 0.3) is 0 Å². The molecule has 2 saturated heterocycles. The van der Waals surface area contributed by atoms with Gasteiger partial charge in [0.05, 0.1) is 5.69 Å². The number of aromatic nitrogens is 1. The molecule has 1 aromatic heterocycles. The van der Waals surface area contributed by atoms with Crippen molar-refractivity contribution < 1.29 is 4.39 Å². The van der Waals surface area contributed by atoms with Crippen LogP contribution in [-0.4, -0.2) is 30.2 Å². The molecule has 5 heteroatoms. The first-order valence-corrected chi connectivity index (χ1v) is 7.39. The second kappa shape index (κ2) is 4.28. The molecule has 4 rings (SSSR count). The third kappa shape index (κ3) is 1.84. The van der Waals surface area contributed by atoms with E-state index in [4.69, 9.17) is 0 Å². The Labute approximate surface area is 115 Å². The molecule has 2 bridgehead atoms. The van der Waals surface area contributed by atoms with Gasteiger partial charge in [-0.15, -0.1) is 11.3 Å². The van der Waals surface area contributed by atoms with Crippen LogP contribution in [0.5, 0.6) is 0 Å². The van der Waals surface area contributed by atoms with Crippen molar-refractivity contribution in [1.82, 2.24) is 10.3 Å². The van der Waals surface area contributed by atoms with E-state index in [1.165, 1.54) is 12.5 Å². The zero-order chi connectivity index (χ0) is 12.8. The zero-order valence-corrected chi connectivity index (χ0v) is 11.2. The Morgan fingerprint density at radius 3 is 3.00 bits per heavy atom. The van der Waals surface area contributed by atoms with E-state index in [-0.39, 0.29) is 5.82 Å². The number of nitrogens with one attached hydrogen (secondary N) is 1. The molecular formula is C14H14FN3S. The number of anilines is 1. The maximum absolute atomic E-state index is 13.8. The first kappa shape index (κ1) is 11.4. The van der Waals surface area contributed by atoms with E-state index < -0.39 is 0 Å². The Morgan fingerprint density at radius 2 is 2.26 bits per heavy atom. The van der Waals surface area contributed by atoms with Crippen molar-refractivity contribution in [2.75, 3.05) is 18.0 Å². The molecule has 1 aromatic carbocycles. The molecule has 3 nitrogen and oxygen atoms in total. The van der Waals surface area contributed by atoms with E-state index in [1.54, 1.807) is 23.5 Å². The highest BCUT2D eigenvalue weighted by atomic mass is 32.1.